The third-order valence-corrected chi connectivity index (χ3v) is 2.39. The number of hydrogen-bond donors (Lipinski definition) is 1. The molecule has 1 aromatic heterocycles. The van der Waals surface area contributed by atoms with Crippen LogP contribution in [0, 0.1) is 0 Å². The molecule has 0 amide bonds. The first-order valence-corrected chi connectivity index (χ1v) is 5.32. The van der Waals surface area contributed by atoms with Crippen LogP contribution in [0.1, 0.15) is 5.56 Å². The van der Waals surface area contributed by atoms with E-state index in [-0.39, 0.29) is 0 Å². The van der Waals surface area contributed by atoms with Crippen molar-refractivity contribution >= 4 is 32.9 Å². The van der Waals surface area contributed by atoms with E-state index in [9.17, 15) is 0 Å². The summed E-state index contributed by atoms with van der Waals surface area (Å²) in [6.45, 7) is 0. The number of rotatable bonds is 2. The first kappa shape index (κ1) is 8.57. The minimum absolute atomic E-state index is 0.897. The zero-order valence-corrected chi connectivity index (χ0v) is 8.71. The summed E-state index contributed by atoms with van der Waals surface area (Å²) < 4.78 is 0. The lowest BCUT2D eigenvalue weighted by atomic mass is 10.1. The number of nitrogens with one attached hydrogen (secondary N) is 1. The molecule has 1 aromatic carbocycles. The average Bonchev–Trinajstić information content (AvgIpc) is 2.62. The van der Waals surface area contributed by atoms with Gasteiger partial charge in [0.15, 0.2) is 0 Å². The number of aromatic amines is 1. The molecule has 0 saturated heterocycles. The number of H-pyrrole nitrogens is 1. The largest absolute Gasteiger partial charge is 0.361 e. The standard InChI is InChI=1S/C11H10BrN/c12-7-2-4-9-3-1-5-11-10(9)6-8-13-11/h1-6,8,13H,7H2. The van der Waals surface area contributed by atoms with E-state index in [2.05, 4.69) is 57.3 Å². The molecule has 66 valence electrons. The molecule has 0 spiro atoms. The Balaban J connectivity index is 2.54. The third-order valence-electron chi connectivity index (χ3n) is 2.02. The monoisotopic (exact) mass is 235 g/mol. The molecular formula is C11H10BrN. The Kier molecular flexibility index (Phi) is 2.50. The zero-order valence-electron chi connectivity index (χ0n) is 7.13. The molecule has 0 bridgehead atoms. The maximum absolute atomic E-state index is 3.37. The van der Waals surface area contributed by atoms with Crippen molar-refractivity contribution in [3.05, 3.63) is 42.1 Å². The molecule has 0 radical (unpaired) electrons. The molecule has 0 unspecified atom stereocenters. The number of halogens is 1. The topological polar surface area (TPSA) is 15.8 Å². The summed E-state index contributed by atoms with van der Waals surface area (Å²) in [5, 5.41) is 2.17. The quantitative estimate of drug-likeness (QED) is 0.767. The summed E-state index contributed by atoms with van der Waals surface area (Å²) in [6.07, 6.45) is 6.20. The fourth-order valence-electron chi connectivity index (χ4n) is 1.43. The van der Waals surface area contributed by atoms with Gasteiger partial charge in [0.05, 0.1) is 0 Å². The minimum atomic E-state index is 0.897. The molecular weight excluding hydrogens is 226 g/mol. The normalized spacial score (nSPS) is 11.5. The average molecular weight is 236 g/mol. The van der Waals surface area contributed by atoms with E-state index >= 15 is 0 Å². The molecule has 1 heterocycles. The Labute approximate surface area is 85.6 Å². The molecule has 1 nitrogen and oxygen atoms in total. The molecule has 0 aliphatic rings. The molecule has 13 heavy (non-hydrogen) atoms. The molecule has 1 N–H and O–H groups in total. The van der Waals surface area contributed by atoms with Crippen LogP contribution in [-0.4, -0.2) is 10.3 Å². The number of hydrogen-bond acceptors (Lipinski definition) is 0. The molecule has 2 heteroatoms. The number of allylic oxidation sites excluding steroid dienone is 1. The summed E-state index contributed by atoms with van der Waals surface area (Å²) >= 11 is 3.37. The Bertz CT molecular complexity index is 428. The molecule has 2 rings (SSSR count). The highest BCUT2D eigenvalue weighted by atomic mass is 79.9. The van der Waals surface area contributed by atoms with E-state index in [0.717, 1.165) is 5.33 Å². The number of benzene rings is 1. The molecule has 0 aliphatic heterocycles. The van der Waals surface area contributed by atoms with Crippen molar-refractivity contribution < 1.29 is 0 Å². The van der Waals surface area contributed by atoms with E-state index in [1.54, 1.807) is 0 Å². The highest BCUT2D eigenvalue weighted by Crippen LogP contribution is 2.18. The molecule has 0 aliphatic carbocycles. The van der Waals surface area contributed by atoms with Gasteiger partial charge in [-0.15, -0.1) is 0 Å². The van der Waals surface area contributed by atoms with E-state index in [0.29, 0.717) is 0 Å². The van der Waals surface area contributed by atoms with Gasteiger partial charge in [-0.2, -0.15) is 0 Å². The van der Waals surface area contributed by atoms with Gasteiger partial charge in [0.25, 0.3) is 0 Å². The van der Waals surface area contributed by atoms with Gasteiger partial charge in [-0.3, -0.25) is 0 Å². The predicted octanol–water partition coefficient (Wildman–Crippen LogP) is 3.58. The van der Waals surface area contributed by atoms with E-state index < -0.39 is 0 Å². The first-order chi connectivity index (χ1) is 6.42. The van der Waals surface area contributed by atoms with Crippen LogP contribution >= 0.6 is 15.9 Å². The Morgan fingerprint density at radius 3 is 3.08 bits per heavy atom. The number of aromatic nitrogens is 1. The van der Waals surface area contributed by atoms with E-state index in [1.165, 1.54) is 16.5 Å². The molecule has 0 fully saturated rings. The Hall–Kier alpha value is -1.02. The predicted molar refractivity (Wildman–Crippen MR) is 61.1 cm³/mol. The molecule has 0 saturated carbocycles. The summed E-state index contributed by atoms with van der Waals surface area (Å²) in [7, 11) is 0. The minimum Gasteiger partial charge on any atom is -0.361 e. The summed E-state index contributed by atoms with van der Waals surface area (Å²) in [4.78, 5) is 3.19. The third kappa shape index (κ3) is 1.68. The van der Waals surface area contributed by atoms with Crippen molar-refractivity contribution in [2.45, 2.75) is 0 Å². The number of alkyl halides is 1. The van der Waals surface area contributed by atoms with Gasteiger partial charge in [0, 0.05) is 22.4 Å². The van der Waals surface area contributed by atoms with Crippen molar-refractivity contribution in [1.82, 2.24) is 4.98 Å². The van der Waals surface area contributed by atoms with Crippen LogP contribution in [0.25, 0.3) is 17.0 Å². The Morgan fingerprint density at radius 1 is 1.31 bits per heavy atom. The maximum Gasteiger partial charge on any atom is 0.0459 e. The second kappa shape index (κ2) is 3.79. The van der Waals surface area contributed by atoms with Crippen molar-refractivity contribution in [3.63, 3.8) is 0 Å². The van der Waals surface area contributed by atoms with E-state index in [4.69, 9.17) is 0 Å². The van der Waals surface area contributed by atoms with Gasteiger partial charge in [-0.05, 0) is 17.7 Å². The lowest BCUT2D eigenvalue weighted by Crippen LogP contribution is -1.74. The van der Waals surface area contributed by atoms with Gasteiger partial charge in [0.2, 0.25) is 0 Å². The van der Waals surface area contributed by atoms with Gasteiger partial charge in [-0.1, -0.05) is 40.2 Å². The van der Waals surface area contributed by atoms with Crippen molar-refractivity contribution in [3.8, 4) is 0 Å². The fourth-order valence-corrected chi connectivity index (χ4v) is 1.61. The number of fused-ring (bicyclic) bond motifs is 1. The Morgan fingerprint density at radius 2 is 2.23 bits per heavy atom. The van der Waals surface area contributed by atoms with Gasteiger partial charge >= 0.3 is 0 Å². The second-order valence-corrected chi connectivity index (χ2v) is 3.49. The van der Waals surface area contributed by atoms with Crippen molar-refractivity contribution in [2.24, 2.45) is 0 Å². The van der Waals surface area contributed by atoms with Crippen molar-refractivity contribution in [1.29, 1.82) is 0 Å². The summed E-state index contributed by atoms with van der Waals surface area (Å²) in [6, 6.07) is 8.37. The second-order valence-electron chi connectivity index (χ2n) is 2.84. The van der Waals surface area contributed by atoms with Crippen LogP contribution in [-0.2, 0) is 0 Å². The molecule has 0 atom stereocenters. The van der Waals surface area contributed by atoms with Crippen LogP contribution in [0.3, 0.4) is 0 Å². The van der Waals surface area contributed by atoms with E-state index in [1.807, 2.05) is 6.20 Å². The SMILES string of the molecule is BrCC=Cc1cccc2[nH]ccc12. The zero-order chi connectivity index (χ0) is 9.10. The van der Waals surface area contributed by atoms with Crippen molar-refractivity contribution in [2.75, 3.05) is 5.33 Å². The smallest absolute Gasteiger partial charge is 0.0459 e. The van der Waals surface area contributed by atoms with Crippen LogP contribution in [0.15, 0.2) is 36.5 Å². The van der Waals surface area contributed by atoms with Gasteiger partial charge in [-0.25, -0.2) is 0 Å². The fraction of sp³-hybridized carbons (Fsp3) is 0.0909. The highest BCUT2D eigenvalue weighted by Gasteiger charge is 1.96. The van der Waals surface area contributed by atoms with Crippen LogP contribution in [0.4, 0.5) is 0 Å². The van der Waals surface area contributed by atoms with Gasteiger partial charge < -0.3 is 4.98 Å². The van der Waals surface area contributed by atoms with Crippen LogP contribution < -0.4 is 0 Å². The van der Waals surface area contributed by atoms with Crippen LogP contribution in [0.5, 0.6) is 0 Å². The highest BCUT2D eigenvalue weighted by molar-refractivity contribution is 9.09. The first-order valence-electron chi connectivity index (χ1n) is 4.20. The summed E-state index contributed by atoms with van der Waals surface area (Å²) in [5.41, 5.74) is 2.45. The molecule has 2 aromatic rings. The lowest BCUT2D eigenvalue weighted by molar-refractivity contribution is 1.48. The lowest BCUT2D eigenvalue weighted by Gasteiger charge is -1.95. The maximum atomic E-state index is 3.37. The summed E-state index contributed by atoms with van der Waals surface area (Å²) in [5.74, 6) is 0. The van der Waals surface area contributed by atoms with Crippen LogP contribution in [0.2, 0.25) is 0 Å². The van der Waals surface area contributed by atoms with Gasteiger partial charge in [0.1, 0.15) is 0 Å².